The number of rotatable bonds is 7. The van der Waals surface area contributed by atoms with E-state index in [2.05, 4.69) is 9.97 Å². The normalized spacial score (nSPS) is 18.5. The van der Waals surface area contributed by atoms with Crippen molar-refractivity contribution in [3.63, 3.8) is 0 Å². The highest BCUT2D eigenvalue weighted by molar-refractivity contribution is 8.00. The van der Waals surface area contributed by atoms with Gasteiger partial charge in [0.25, 0.3) is 0 Å². The first kappa shape index (κ1) is 22.3. The van der Waals surface area contributed by atoms with Crippen molar-refractivity contribution in [1.82, 2.24) is 14.9 Å². The van der Waals surface area contributed by atoms with E-state index in [0.29, 0.717) is 30.4 Å². The molecule has 2 fully saturated rings. The van der Waals surface area contributed by atoms with Crippen molar-refractivity contribution < 1.29 is 19.1 Å². The first-order valence-electron chi connectivity index (χ1n) is 11.0. The van der Waals surface area contributed by atoms with Crippen molar-refractivity contribution in [2.45, 2.75) is 30.9 Å². The lowest BCUT2D eigenvalue weighted by Crippen LogP contribution is -2.42. The van der Waals surface area contributed by atoms with E-state index in [9.17, 15) is 9.59 Å². The molecule has 3 heterocycles. The Hall–Kier alpha value is -2.49. The fraction of sp³-hybridized carbons (Fsp3) is 0.417. The van der Waals surface area contributed by atoms with Crippen LogP contribution in [0.25, 0.3) is 10.9 Å². The molecular weight excluding hydrogens is 458 g/mol. The lowest BCUT2D eigenvalue weighted by atomic mass is 10.2. The second-order valence-corrected chi connectivity index (χ2v) is 10.4. The molecule has 0 radical (unpaired) electrons. The van der Waals surface area contributed by atoms with Gasteiger partial charge in [0.2, 0.25) is 5.91 Å². The van der Waals surface area contributed by atoms with E-state index < -0.39 is 0 Å². The number of carbonyl (C=O) groups excluding carboxylic acids is 2. The minimum absolute atomic E-state index is 0.0466. The molecular formula is C24H25N3O4S2. The zero-order chi connectivity index (χ0) is 22.9. The fourth-order valence-electron chi connectivity index (χ4n) is 3.92. The van der Waals surface area contributed by atoms with E-state index in [1.807, 2.05) is 42.2 Å². The Kier molecular flexibility index (Phi) is 6.36. The summed E-state index contributed by atoms with van der Waals surface area (Å²) >= 11 is 2.87. The summed E-state index contributed by atoms with van der Waals surface area (Å²) in [5.41, 5.74) is 0.830. The van der Waals surface area contributed by atoms with Gasteiger partial charge in [0.15, 0.2) is 5.78 Å². The molecule has 33 heavy (non-hydrogen) atoms. The number of methoxy groups -OCH3 is 1. The van der Waals surface area contributed by atoms with Crippen LogP contribution < -0.4 is 4.74 Å². The molecule has 1 saturated heterocycles. The molecule has 1 atom stereocenters. The number of benzene rings is 1. The van der Waals surface area contributed by atoms with Crippen molar-refractivity contribution in [3.8, 4) is 5.75 Å². The molecule has 1 aromatic carbocycles. The minimum atomic E-state index is -0.165. The summed E-state index contributed by atoms with van der Waals surface area (Å²) in [6.45, 7) is 3.59. The van der Waals surface area contributed by atoms with Gasteiger partial charge < -0.3 is 14.4 Å². The smallest absolute Gasteiger partial charge is 0.225 e. The van der Waals surface area contributed by atoms with Gasteiger partial charge in [-0.3, -0.25) is 9.59 Å². The van der Waals surface area contributed by atoms with Crippen LogP contribution >= 0.6 is 23.1 Å². The third kappa shape index (κ3) is 4.90. The third-order valence-corrected chi connectivity index (χ3v) is 8.05. The number of morpholine rings is 1. The molecule has 1 aliphatic heterocycles. The van der Waals surface area contributed by atoms with Gasteiger partial charge in [-0.2, -0.15) is 0 Å². The van der Waals surface area contributed by atoms with Gasteiger partial charge in [0.1, 0.15) is 22.7 Å². The van der Waals surface area contributed by atoms with E-state index >= 15 is 0 Å². The number of aromatic nitrogens is 2. The highest BCUT2D eigenvalue weighted by Crippen LogP contribution is 2.35. The molecule has 0 bridgehead atoms. The van der Waals surface area contributed by atoms with E-state index in [1.165, 1.54) is 23.1 Å². The van der Waals surface area contributed by atoms with Crippen molar-refractivity contribution in [3.05, 3.63) is 45.9 Å². The molecule has 2 aliphatic rings. The van der Waals surface area contributed by atoms with Crippen LogP contribution in [0, 0.1) is 12.8 Å². The number of Topliss-reactive ketones (excluding diaryl/α,β-unsaturated/α-hetero) is 1. The average Bonchev–Trinajstić information content (AvgIpc) is 3.57. The van der Waals surface area contributed by atoms with Crippen molar-refractivity contribution in [2.24, 2.45) is 5.92 Å². The molecule has 9 heteroatoms. The maximum absolute atomic E-state index is 12.9. The standard InChI is InChI=1S/C24H25N3O4S2/c1-14-25-18-6-5-16(30-2)11-17(18)23(26-14)32-13-19(28)21-7-8-22(33-21)20-12-27(9-10-31-20)24(29)15-3-4-15/h5-8,11,15,20H,3-4,9-10,12-13H2,1-2H3. The largest absolute Gasteiger partial charge is 0.497 e. The van der Waals surface area contributed by atoms with Crippen LogP contribution in [0.3, 0.4) is 0 Å². The molecule has 5 rings (SSSR count). The number of thioether (sulfide) groups is 1. The molecule has 2 aromatic heterocycles. The van der Waals surface area contributed by atoms with Gasteiger partial charge in [-0.1, -0.05) is 11.8 Å². The maximum atomic E-state index is 12.9. The monoisotopic (exact) mass is 483 g/mol. The van der Waals surface area contributed by atoms with E-state index in [4.69, 9.17) is 9.47 Å². The van der Waals surface area contributed by atoms with Crippen LogP contribution in [0.1, 0.15) is 39.3 Å². The Morgan fingerprint density at radius 2 is 2.09 bits per heavy atom. The summed E-state index contributed by atoms with van der Waals surface area (Å²) in [6, 6.07) is 9.49. The van der Waals surface area contributed by atoms with Crippen molar-refractivity contribution >= 4 is 45.7 Å². The van der Waals surface area contributed by atoms with E-state index in [1.54, 1.807) is 7.11 Å². The van der Waals surface area contributed by atoms with Crippen LogP contribution in [-0.2, 0) is 9.53 Å². The SMILES string of the molecule is COc1ccc2nc(C)nc(SCC(=O)c3ccc(C4CN(C(=O)C5CC5)CCO4)s3)c2c1. The predicted octanol–water partition coefficient (Wildman–Crippen LogP) is 4.29. The minimum Gasteiger partial charge on any atom is -0.497 e. The van der Waals surface area contributed by atoms with Crippen LogP contribution in [0.5, 0.6) is 5.75 Å². The van der Waals surface area contributed by atoms with Crippen LogP contribution in [0.4, 0.5) is 0 Å². The van der Waals surface area contributed by atoms with Crippen molar-refractivity contribution in [2.75, 3.05) is 32.6 Å². The summed E-state index contributed by atoms with van der Waals surface area (Å²) in [5, 5.41) is 1.65. The number of fused-ring (bicyclic) bond motifs is 1. The Morgan fingerprint density at radius 1 is 1.24 bits per heavy atom. The van der Waals surface area contributed by atoms with Crippen LogP contribution in [0.15, 0.2) is 35.4 Å². The zero-order valence-corrected chi connectivity index (χ0v) is 20.2. The number of ether oxygens (including phenoxy) is 2. The molecule has 172 valence electrons. The highest BCUT2D eigenvalue weighted by Gasteiger charge is 2.36. The fourth-order valence-corrected chi connectivity index (χ4v) is 5.93. The predicted molar refractivity (Wildman–Crippen MR) is 128 cm³/mol. The zero-order valence-electron chi connectivity index (χ0n) is 18.6. The highest BCUT2D eigenvalue weighted by atomic mass is 32.2. The molecule has 3 aromatic rings. The molecule has 1 unspecified atom stereocenters. The average molecular weight is 484 g/mol. The Balaban J connectivity index is 1.26. The lowest BCUT2D eigenvalue weighted by molar-refractivity contribution is -0.140. The van der Waals surface area contributed by atoms with Gasteiger partial charge >= 0.3 is 0 Å². The summed E-state index contributed by atoms with van der Waals surface area (Å²) in [7, 11) is 1.62. The lowest BCUT2D eigenvalue weighted by Gasteiger charge is -2.32. The van der Waals surface area contributed by atoms with Crippen LogP contribution in [0.2, 0.25) is 0 Å². The number of carbonyl (C=O) groups is 2. The molecule has 1 amide bonds. The van der Waals surface area contributed by atoms with Gasteiger partial charge in [-0.25, -0.2) is 9.97 Å². The van der Waals surface area contributed by atoms with Crippen molar-refractivity contribution in [1.29, 1.82) is 0 Å². The van der Waals surface area contributed by atoms with E-state index in [-0.39, 0.29) is 29.5 Å². The second-order valence-electron chi connectivity index (χ2n) is 8.29. The number of hydrogen-bond acceptors (Lipinski definition) is 8. The molecule has 1 saturated carbocycles. The summed E-state index contributed by atoms with van der Waals surface area (Å²) in [5.74, 6) is 2.18. The Labute approximate surface area is 200 Å². The Morgan fingerprint density at radius 3 is 2.88 bits per heavy atom. The Bertz CT molecular complexity index is 1210. The van der Waals surface area contributed by atoms with Crippen LogP contribution in [-0.4, -0.2) is 59.1 Å². The molecule has 7 nitrogen and oxygen atoms in total. The summed E-state index contributed by atoms with van der Waals surface area (Å²) in [4.78, 5) is 38.0. The van der Waals surface area contributed by atoms with Gasteiger partial charge in [-0.05, 0) is 50.1 Å². The maximum Gasteiger partial charge on any atom is 0.225 e. The van der Waals surface area contributed by atoms with Gasteiger partial charge in [0.05, 0.1) is 36.4 Å². The number of aryl methyl sites for hydroxylation is 1. The quantitative estimate of drug-likeness (QED) is 0.282. The van der Waals surface area contributed by atoms with E-state index in [0.717, 1.165) is 39.4 Å². The first-order chi connectivity index (χ1) is 16.0. The molecule has 0 N–H and O–H groups in total. The molecule has 0 spiro atoms. The number of amides is 1. The number of nitrogens with zero attached hydrogens (tertiary/aromatic N) is 3. The summed E-state index contributed by atoms with van der Waals surface area (Å²) in [6.07, 6.45) is 1.84. The number of hydrogen-bond donors (Lipinski definition) is 0. The molecule has 1 aliphatic carbocycles. The number of thiophene rings is 1. The second kappa shape index (κ2) is 9.40. The third-order valence-electron chi connectivity index (χ3n) is 5.84. The topological polar surface area (TPSA) is 81.6 Å². The summed E-state index contributed by atoms with van der Waals surface area (Å²) < 4.78 is 11.3. The number of ketones is 1. The first-order valence-corrected chi connectivity index (χ1v) is 12.8. The van der Waals surface area contributed by atoms with Gasteiger partial charge in [0, 0.05) is 22.7 Å². The van der Waals surface area contributed by atoms with Gasteiger partial charge in [-0.15, -0.1) is 11.3 Å².